The van der Waals surface area contributed by atoms with Crippen LogP contribution in [0.4, 0.5) is 4.39 Å². The molecule has 5 aliphatic rings. The van der Waals surface area contributed by atoms with E-state index in [1.807, 2.05) is 13.8 Å². The first kappa shape index (κ1) is 23.5. The van der Waals surface area contributed by atoms with E-state index in [4.69, 9.17) is 9.47 Å². The van der Waals surface area contributed by atoms with E-state index in [2.05, 4.69) is 9.97 Å². The molecule has 8 nitrogen and oxygen atoms in total. The molecule has 1 spiro atoms. The summed E-state index contributed by atoms with van der Waals surface area (Å²) in [5.74, 6) is -3.37. The van der Waals surface area contributed by atoms with Crippen LogP contribution in [0.1, 0.15) is 56.2 Å². The highest BCUT2D eigenvalue weighted by atomic mass is 19.1. The fourth-order valence-electron chi connectivity index (χ4n) is 8.37. The molecule has 1 aromatic heterocycles. The third-order valence-electron chi connectivity index (χ3n) is 10.0. The second kappa shape index (κ2) is 7.09. The average molecular weight is 497 g/mol. The van der Waals surface area contributed by atoms with Crippen molar-refractivity contribution in [3.8, 4) is 0 Å². The molecule has 9 atom stereocenters. The number of alkyl halides is 1. The number of epoxide rings is 1. The van der Waals surface area contributed by atoms with Gasteiger partial charge in [0.15, 0.2) is 11.5 Å². The van der Waals surface area contributed by atoms with Crippen molar-refractivity contribution in [3.05, 3.63) is 47.6 Å². The van der Waals surface area contributed by atoms with E-state index in [0.29, 0.717) is 24.1 Å². The lowest BCUT2D eigenvalue weighted by Crippen LogP contribution is -2.64. The molecule has 1 aromatic rings. The molecule has 9 heteroatoms. The van der Waals surface area contributed by atoms with Crippen LogP contribution in [0.25, 0.3) is 0 Å². The van der Waals surface area contributed by atoms with Crippen LogP contribution in [0.15, 0.2) is 36.2 Å². The Kier molecular flexibility index (Phi) is 4.62. The van der Waals surface area contributed by atoms with E-state index in [-0.39, 0.29) is 35.8 Å². The molecule has 2 heterocycles. The van der Waals surface area contributed by atoms with Crippen molar-refractivity contribution in [1.29, 1.82) is 0 Å². The summed E-state index contributed by atoms with van der Waals surface area (Å²) in [5.41, 5.74) is -3.32. The van der Waals surface area contributed by atoms with Gasteiger partial charge in [-0.1, -0.05) is 19.9 Å². The van der Waals surface area contributed by atoms with Crippen molar-refractivity contribution < 1.29 is 33.4 Å². The number of fused-ring (bicyclic) bond motifs is 3. The maximum absolute atomic E-state index is 15.7. The summed E-state index contributed by atoms with van der Waals surface area (Å²) in [6.07, 6.45) is 6.59. The van der Waals surface area contributed by atoms with Crippen molar-refractivity contribution >= 4 is 17.7 Å². The van der Waals surface area contributed by atoms with Gasteiger partial charge in [-0.2, -0.15) is 0 Å². The Labute approximate surface area is 208 Å². The highest BCUT2D eigenvalue weighted by Gasteiger charge is 2.84. The number of rotatable bonds is 3. The van der Waals surface area contributed by atoms with Gasteiger partial charge in [0.25, 0.3) is 0 Å². The number of carboxylic acids is 1. The van der Waals surface area contributed by atoms with Gasteiger partial charge in [-0.05, 0) is 62.7 Å². The number of nitrogens with zero attached hydrogens (tertiary/aromatic N) is 2. The van der Waals surface area contributed by atoms with Crippen molar-refractivity contribution in [2.45, 2.75) is 70.4 Å². The monoisotopic (exact) mass is 496 g/mol. The number of allylic oxidation sites excluding steroid dienone is 2. The van der Waals surface area contributed by atoms with Crippen molar-refractivity contribution in [3.63, 3.8) is 0 Å². The molecule has 6 rings (SSSR count). The zero-order chi connectivity index (χ0) is 25.8. The lowest BCUT2D eigenvalue weighted by molar-refractivity contribution is -0.185. The summed E-state index contributed by atoms with van der Waals surface area (Å²) in [6.45, 7) is 7.28. The largest absolute Gasteiger partial charge is 0.478 e. The Bertz CT molecular complexity index is 1260. The number of hydrogen-bond donors (Lipinski definition) is 1. The van der Waals surface area contributed by atoms with Crippen LogP contribution in [0.5, 0.6) is 0 Å². The summed E-state index contributed by atoms with van der Waals surface area (Å²) in [5, 5.41) is 10.6. The van der Waals surface area contributed by atoms with Gasteiger partial charge in [0.2, 0.25) is 5.60 Å². The minimum Gasteiger partial charge on any atom is -0.478 e. The molecule has 190 valence electrons. The first-order valence-corrected chi connectivity index (χ1v) is 12.4. The lowest BCUT2D eigenvalue weighted by atomic mass is 9.46. The average Bonchev–Trinajstić information content (AvgIpc) is 3.50. The first-order chi connectivity index (χ1) is 16.9. The van der Waals surface area contributed by atoms with Gasteiger partial charge in [-0.3, -0.25) is 9.78 Å². The van der Waals surface area contributed by atoms with E-state index in [9.17, 15) is 19.5 Å². The molecule has 0 radical (unpaired) electrons. The van der Waals surface area contributed by atoms with Crippen LogP contribution >= 0.6 is 0 Å². The zero-order valence-corrected chi connectivity index (χ0v) is 20.7. The summed E-state index contributed by atoms with van der Waals surface area (Å²) in [7, 11) is 0. The summed E-state index contributed by atoms with van der Waals surface area (Å²) >= 11 is 0. The van der Waals surface area contributed by atoms with E-state index in [0.717, 1.165) is 0 Å². The molecule has 1 aliphatic heterocycles. The van der Waals surface area contributed by atoms with Crippen LogP contribution in [0.2, 0.25) is 0 Å². The second-order valence-electron chi connectivity index (χ2n) is 11.6. The predicted octanol–water partition coefficient (Wildman–Crippen LogP) is 3.40. The molecule has 0 amide bonds. The minimum atomic E-state index is -1.83. The van der Waals surface area contributed by atoms with E-state index in [1.54, 1.807) is 19.9 Å². The van der Waals surface area contributed by atoms with Gasteiger partial charge in [0.05, 0.1) is 18.0 Å². The van der Waals surface area contributed by atoms with Crippen LogP contribution in [0, 0.1) is 35.5 Å². The molecule has 1 saturated heterocycles. The highest BCUT2D eigenvalue weighted by Crippen LogP contribution is 2.77. The lowest BCUT2D eigenvalue weighted by Gasteiger charge is -2.56. The van der Waals surface area contributed by atoms with Crippen LogP contribution in [0.3, 0.4) is 0 Å². The van der Waals surface area contributed by atoms with Gasteiger partial charge in [-0.25, -0.2) is 19.0 Å². The van der Waals surface area contributed by atoms with Crippen molar-refractivity contribution in [2.75, 3.05) is 0 Å². The van der Waals surface area contributed by atoms with Crippen LogP contribution < -0.4 is 0 Å². The van der Waals surface area contributed by atoms with Gasteiger partial charge in [0.1, 0.15) is 11.8 Å². The normalized spacial score (nSPS) is 46.1. The van der Waals surface area contributed by atoms with E-state index >= 15 is 4.39 Å². The standard InChI is InChI=1S/C27H29FN2O6/c1-13-7-16-17-9-19(28)18-8-15(31)5-6-24(18,3)27(17)21(35-27)10-25(16,4)26(13,23(33)34)36-22(32)20-12-29-14(2)11-30-20/h5-6,8,11-13,16-17,19,21H,7,9-10H2,1-4H3,(H,33,34)/t13-,16?,17?,19+,21+,24+,25+,26+,27-/m1/s1. The molecule has 2 unspecified atom stereocenters. The Balaban J connectivity index is 1.42. The van der Waals surface area contributed by atoms with Crippen LogP contribution in [-0.2, 0) is 19.1 Å². The maximum Gasteiger partial charge on any atom is 0.359 e. The Hall–Kier alpha value is -2.94. The zero-order valence-electron chi connectivity index (χ0n) is 20.7. The van der Waals surface area contributed by atoms with Gasteiger partial charge < -0.3 is 14.6 Å². The Morgan fingerprint density at radius 1 is 1.19 bits per heavy atom. The third-order valence-corrected chi connectivity index (χ3v) is 10.0. The molecular formula is C27H29FN2O6. The smallest absolute Gasteiger partial charge is 0.359 e. The van der Waals surface area contributed by atoms with E-state index < -0.39 is 46.1 Å². The number of aryl methyl sites for hydroxylation is 1. The van der Waals surface area contributed by atoms with Crippen LogP contribution in [-0.4, -0.2) is 56.3 Å². The molecule has 4 aliphatic carbocycles. The number of ketones is 1. The van der Waals surface area contributed by atoms with Gasteiger partial charge in [-0.15, -0.1) is 0 Å². The minimum absolute atomic E-state index is 0.0610. The number of ether oxygens (including phenoxy) is 2. The molecule has 4 fully saturated rings. The van der Waals surface area contributed by atoms with Gasteiger partial charge >= 0.3 is 11.9 Å². The fourth-order valence-corrected chi connectivity index (χ4v) is 8.37. The highest BCUT2D eigenvalue weighted by molar-refractivity contribution is 6.01. The number of carbonyl (C=O) groups excluding carboxylic acids is 2. The summed E-state index contributed by atoms with van der Waals surface area (Å²) < 4.78 is 28.0. The quantitative estimate of drug-likeness (QED) is 0.500. The molecule has 1 N–H and O–H groups in total. The van der Waals surface area contributed by atoms with E-state index in [1.165, 1.54) is 24.5 Å². The van der Waals surface area contributed by atoms with Gasteiger partial charge in [0, 0.05) is 22.9 Å². The number of hydrogen-bond acceptors (Lipinski definition) is 7. The number of esters is 1. The number of halogens is 1. The Morgan fingerprint density at radius 3 is 2.61 bits per heavy atom. The number of carbonyl (C=O) groups is 3. The molecule has 36 heavy (non-hydrogen) atoms. The fraction of sp³-hybridized carbons (Fsp3) is 0.593. The molecule has 0 aromatic carbocycles. The molecule has 3 saturated carbocycles. The van der Waals surface area contributed by atoms with Crippen molar-refractivity contribution in [1.82, 2.24) is 9.97 Å². The van der Waals surface area contributed by atoms with Crippen molar-refractivity contribution in [2.24, 2.45) is 28.6 Å². The third kappa shape index (κ3) is 2.59. The number of aliphatic carboxylic acids is 1. The molecule has 0 bridgehead atoms. The number of carboxylic acid groups (broad SMARTS) is 1. The number of aromatic nitrogens is 2. The second-order valence-corrected chi connectivity index (χ2v) is 11.6. The summed E-state index contributed by atoms with van der Waals surface area (Å²) in [4.78, 5) is 46.4. The SMILES string of the molecule is Cc1cnc(C(=O)O[C@]2(C(=O)O)[C@H](C)CC3C4C[C@H](F)C5=CC(=O)C=C[C@]5(C)[C@@]45O[C@H]5C[C@@]32C)cn1. The Morgan fingerprint density at radius 2 is 1.94 bits per heavy atom. The maximum atomic E-state index is 15.7. The summed E-state index contributed by atoms with van der Waals surface area (Å²) in [6, 6.07) is 0. The molecular weight excluding hydrogens is 467 g/mol. The first-order valence-electron chi connectivity index (χ1n) is 12.4. The topological polar surface area (TPSA) is 119 Å². The predicted molar refractivity (Wildman–Crippen MR) is 123 cm³/mol.